The molecule has 1 N–H and O–H groups in total. The number of benzene rings is 1. The zero-order valence-electron chi connectivity index (χ0n) is 12.2. The summed E-state index contributed by atoms with van der Waals surface area (Å²) in [4.78, 5) is 0. The highest BCUT2D eigenvalue weighted by molar-refractivity contribution is 5.55. The highest BCUT2D eigenvalue weighted by Crippen LogP contribution is 2.45. The summed E-state index contributed by atoms with van der Waals surface area (Å²) < 4.78 is 16.2. The van der Waals surface area contributed by atoms with Gasteiger partial charge in [-0.3, -0.25) is 0 Å². The Kier molecular flexibility index (Phi) is 4.20. The van der Waals surface area contributed by atoms with E-state index in [9.17, 15) is 0 Å². The molecule has 0 spiro atoms. The number of ether oxygens (including phenoxy) is 3. The van der Waals surface area contributed by atoms with Gasteiger partial charge in [0.15, 0.2) is 11.5 Å². The Balaban J connectivity index is 2.52. The smallest absolute Gasteiger partial charge is 0.203 e. The summed E-state index contributed by atoms with van der Waals surface area (Å²) in [5.41, 5.74) is 1.24. The molecule has 0 radical (unpaired) electrons. The van der Waals surface area contributed by atoms with Crippen molar-refractivity contribution in [3.8, 4) is 17.2 Å². The average molecular weight is 265 g/mol. The first-order valence-corrected chi connectivity index (χ1v) is 6.70. The Bertz CT molecular complexity index is 414. The van der Waals surface area contributed by atoms with Gasteiger partial charge in [-0.05, 0) is 37.6 Å². The Morgan fingerprint density at radius 1 is 0.947 bits per heavy atom. The molecule has 0 unspecified atom stereocenters. The van der Waals surface area contributed by atoms with Crippen molar-refractivity contribution < 1.29 is 14.2 Å². The molecule has 2 rings (SSSR count). The normalized spacial score (nSPS) is 17.3. The van der Waals surface area contributed by atoms with E-state index in [1.54, 1.807) is 21.3 Å². The second-order valence-corrected chi connectivity index (χ2v) is 4.95. The first-order valence-electron chi connectivity index (χ1n) is 6.70. The number of hydrogen-bond donors (Lipinski definition) is 1. The van der Waals surface area contributed by atoms with Gasteiger partial charge in [-0.25, -0.2) is 0 Å². The van der Waals surface area contributed by atoms with Crippen LogP contribution in [0.1, 0.15) is 31.2 Å². The van der Waals surface area contributed by atoms with Crippen LogP contribution >= 0.6 is 0 Å². The van der Waals surface area contributed by atoms with E-state index in [1.807, 2.05) is 7.05 Å². The third-order valence-corrected chi connectivity index (χ3v) is 4.15. The maximum atomic E-state index is 5.44. The second kappa shape index (κ2) is 5.70. The van der Waals surface area contributed by atoms with Crippen molar-refractivity contribution in [1.82, 2.24) is 5.32 Å². The molecule has 0 aliphatic heterocycles. The van der Waals surface area contributed by atoms with Crippen LogP contribution < -0.4 is 19.5 Å². The van der Waals surface area contributed by atoms with Gasteiger partial charge in [0.05, 0.1) is 21.3 Å². The van der Waals surface area contributed by atoms with Gasteiger partial charge in [0.25, 0.3) is 0 Å². The largest absolute Gasteiger partial charge is 0.493 e. The lowest BCUT2D eigenvalue weighted by Gasteiger charge is -2.30. The van der Waals surface area contributed by atoms with Crippen LogP contribution in [0.5, 0.6) is 17.2 Å². The quantitative estimate of drug-likeness (QED) is 0.888. The lowest BCUT2D eigenvalue weighted by atomic mass is 9.88. The predicted octanol–water partition coefficient (Wildman–Crippen LogP) is 2.70. The van der Waals surface area contributed by atoms with Crippen molar-refractivity contribution >= 4 is 0 Å². The molecule has 0 amide bonds. The molecule has 1 aliphatic carbocycles. The fourth-order valence-corrected chi connectivity index (χ4v) is 3.02. The van der Waals surface area contributed by atoms with E-state index in [0.717, 1.165) is 24.3 Å². The summed E-state index contributed by atoms with van der Waals surface area (Å²) in [6.07, 6.45) is 4.78. The fourth-order valence-electron chi connectivity index (χ4n) is 3.02. The minimum absolute atomic E-state index is 0.0346. The predicted molar refractivity (Wildman–Crippen MR) is 75.3 cm³/mol. The highest BCUT2D eigenvalue weighted by atomic mass is 16.5. The molecule has 4 heteroatoms. The van der Waals surface area contributed by atoms with Crippen LogP contribution in [0.25, 0.3) is 0 Å². The van der Waals surface area contributed by atoms with Gasteiger partial charge in [-0.1, -0.05) is 12.8 Å². The van der Waals surface area contributed by atoms with Gasteiger partial charge in [0.2, 0.25) is 5.75 Å². The molecule has 1 aromatic rings. The third-order valence-electron chi connectivity index (χ3n) is 4.15. The zero-order valence-corrected chi connectivity index (χ0v) is 12.2. The highest BCUT2D eigenvalue weighted by Gasteiger charge is 2.35. The summed E-state index contributed by atoms with van der Waals surface area (Å²) in [5.74, 6) is 2.09. The summed E-state index contributed by atoms with van der Waals surface area (Å²) in [7, 11) is 6.96. The van der Waals surface area contributed by atoms with Crippen molar-refractivity contribution in [2.75, 3.05) is 28.4 Å². The Morgan fingerprint density at radius 2 is 1.47 bits per heavy atom. The first-order chi connectivity index (χ1) is 9.20. The van der Waals surface area contributed by atoms with E-state index < -0.39 is 0 Å². The third kappa shape index (κ3) is 2.37. The second-order valence-electron chi connectivity index (χ2n) is 4.95. The Morgan fingerprint density at radius 3 is 1.84 bits per heavy atom. The van der Waals surface area contributed by atoms with E-state index >= 15 is 0 Å². The molecule has 1 saturated carbocycles. The van der Waals surface area contributed by atoms with E-state index in [2.05, 4.69) is 17.4 Å². The van der Waals surface area contributed by atoms with Crippen molar-refractivity contribution in [3.05, 3.63) is 17.7 Å². The molecule has 1 aromatic carbocycles. The molecular formula is C15H23NO3. The first kappa shape index (κ1) is 14.0. The maximum Gasteiger partial charge on any atom is 0.203 e. The van der Waals surface area contributed by atoms with Gasteiger partial charge < -0.3 is 19.5 Å². The molecule has 1 fully saturated rings. The number of methoxy groups -OCH3 is 3. The standard InChI is InChI=1S/C15H23NO3/c1-16-15(7-5-6-8-15)11-9-12(17-2)14(19-4)13(10-11)18-3/h9-10,16H,5-8H2,1-4H3. The summed E-state index contributed by atoms with van der Waals surface area (Å²) >= 11 is 0. The SMILES string of the molecule is CNC1(c2cc(OC)c(OC)c(OC)c2)CCCC1. The molecule has 0 heterocycles. The number of nitrogens with one attached hydrogen (secondary N) is 1. The topological polar surface area (TPSA) is 39.7 Å². The van der Waals surface area contributed by atoms with Gasteiger partial charge in [-0.15, -0.1) is 0 Å². The van der Waals surface area contributed by atoms with Crippen LogP contribution in [-0.4, -0.2) is 28.4 Å². The van der Waals surface area contributed by atoms with Gasteiger partial charge in [-0.2, -0.15) is 0 Å². The van der Waals surface area contributed by atoms with E-state index in [0.29, 0.717) is 5.75 Å². The molecule has 4 nitrogen and oxygen atoms in total. The van der Waals surface area contributed by atoms with Crippen molar-refractivity contribution in [2.24, 2.45) is 0 Å². The van der Waals surface area contributed by atoms with Crippen LogP contribution in [-0.2, 0) is 5.54 Å². The Labute approximate surface area is 115 Å². The van der Waals surface area contributed by atoms with Crippen LogP contribution in [0.4, 0.5) is 0 Å². The fraction of sp³-hybridized carbons (Fsp3) is 0.600. The minimum atomic E-state index is 0.0346. The van der Waals surface area contributed by atoms with Crippen molar-refractivity contribution in [1.29, 1.82) is 0 Å². The van der Waals surface area contributed by atoms with Gasteiger partial charge >= 0.3 is 0 Å². The molecule has 0 atom stereocenters. The summed E-state index contributed by atoms with van der Waals surface area (Å²) in [6, 6.07) is 4.12. The summed E-state index contributed by atoms with van der Waals surface area (Å²) in [6.45, 7) is 0. The van der Waals surface area contributed by atoms with Crippen molar-refractivity contribution in [3.63, 3.8) is 0 Å². The number of hydrogen-bond acceptors (Lipinski definition) is 4. The minimum Gasteiger partial charge on any atom is -0.493 e. The zero-order chi connectivity index (χ0) is 13.9. The maximum absolute atomic E-state index is 5.44. The lowest BCUT2D eigenvalue weighted by Crippen LogP contribution is -2.37. The lowest BCUT2D eigenvalue weighted by molar-refractivity contribution is 0.317. The van der Waals surface area contributed by atoms with Crippen LogP contribution in [0, 0.1) is 0 Å². The Hall–Kier alpha value is -1.42. The monoisotopic (exact) mass is 265 g/mol. The molecule has 106 valence electrons. The number of rotatable bonds is 5. The van der Waals surface area contributed by atoms with Gasteiger partial charge in [0, 0.05) is 5.54 Å². The van der Waals surface area contributed by atoms with Crippen molar-refractivity contribution in [2.45, 2.75) is 31.2 Å². The molecule has 19 heavy (non-hydrogen) atoms. The average Bonchev–Trinajstić information content (AvgIpc) is 2.95. The van der Waals surface area contributed by atoms with Gasteiger partial charge in [0.1, 0.15) is 0 Å². The van der Waals surface area contributed by atoms with Crippen LogP contribution in [0.15, 0.2) is 12.1 Å². The molecular weight excluding hydrogens is 242 g/mol. The van der Waals surface area contributed by atoms with Crippen LogP contribution in [0.2, 0.25) is 0 Å². The van der Waals surface area contributed by atoms with E-state index in [4.69, 9.17) is 14.2 Å². The molecule has 1 aliphatic rings. The molecule has 0 saturated heterocycles. The molecule has 0 bridgehead atoms. The molecule has 0 aromatic heterocycles. The van der Waals surface area contributed by atoms with Crippen LogP contribution in [0.3, 0.4) is 0 Å². The van der Waals surface area contributed by atoms with E-state index in [-0.39, 0.29) is 5.54 Å². The van der Waals surface area contributed by atoms with E-state index in [1.165, 1.54) is 18.4 Å². The summed E-state index contributed by atoms with van der Waals surface area (Å²) in [5, 5.41) is 3.48.